The molecule has 2 fully saturated rings. The van der Waals surface area contributed by atoms with E-state index in [9.17, 15) is 4.79 Å². The van der Waals surface area contributed by atoms with E-state index in [4.69, 9.17) is 0 Å². The van der Waals surface area contributed by atoms with Crippen LogP contribution in [0.2, 0.25) is 0 Å². The Balaban J connectivity index is 1.27. The zero-order chi connectivity index (χ0) is 19.3. The van der Waals surface area contributed by atoms with Gasteiger partial charge in [-0.25, -0.2) is 0 Å². The number of hydrogen-bond donors (Lipinski definition) is 0. The average Bonchev–Trinajstić information content (AvgIpc) is 3.17. The summed E-state index contributed by atoms with van der Waals surface area (Å²) in [5.41, 5.74) is 1.31. The summed E-state index contributed by atoms with van der Waals surface area (Å²) < 4.78 is 1.85. The molecule has 2 aliphatic heterocycles. The molecule has 0 spiro atoms. The van der Waals surface area contributed by atoms with E-state index in [1.165, 1.54) is 23.9 Å². The minimum absolute atomic E-state index is 0.209. The summed E-state index contributed by atoms with van der Waals surface area (Å²) in [5, 5.41) is 8.71. The van der Waals surface area contributed by atoms with E-state index in [2.05, 4.69) is 50.3 Å². The fourth-order valence-electron chi connectivity index (χ4n) is 4.08. The zero-order valence-corrected chi connectivity index (χ0v) is 17.2. The summed E-state index contributed by atoms with van der Waals surface area (Å²) in [6.45, 7) is 5.96. The number of piperazine rings is 1. The van der Waals surface area contributed by atoms with Crippen LogP contribution in [-0.4, -0.2) is 81.5 Å². The highest BCUT2D eigenvalue weighted by Crippen LogP contribution is 2.22. The van der Waals surface area contributed by atoms with Crippen LogP contribution in [0.1, 0.15) is 12.8 Å². The van der Waals surface area contributed by atoms with Gasteiger partial charge in [-0.1, -0.05) is 30.0 Å². The second-order valence-electron chi connectivity index (χ2n) is 7.51. The molecule has 1 aromatic carbocycles. The first-order valence-electron chi connectivity index (χ1n) is 9.99. The smallest absolute Gasteiger partial charge is 0.233 e. The number of aryl methyl sites for hydroxylation is 1. The lowest BCUT2D eigenvalue weighted by Crippen LogP contribution is -2.56. The van der Waals surface area contributed by atoms with E-state index in [1.54, 1.807) is 6.33 Å². The fraction of sp³-hybridized carbons (Fsp3) is 0.550. The number of carbonyl (C=O) groups is 1. The Morgan fingerprint density at radius 2 is 1.93 bits per heavy atom. The van der Waals surface area contributed by atoms with E-state index in [0.717, 1.165) is 50.8 Å². The molecular formula is C20H28N6OS. The summed E-state index contributed by atoms with van der Waals surface area (Å²) in [7, 11) is 1.90. The van der Waals surface area contributed by atoms with Gasteiger partial charge in [0.15, 0.2) is 5.16 Å². The Labute approximate surface area is 170 Å². The highest BCUT2D eigenvalue weighted by molar-refractivity contribution is 7.99. The van der Waals surface area contributed by atoms with Gasteiger partial charge in [-0.15, -0.1) is 10.2 Å². The maximum atomic E-state index is 12.7. The van der Waals surface area contributed by atoms with Crippen molar-refractivity contribution in [3.63, 3.8) is 0 Å². The Kier molecular flexibility index (Phi) is 6.17. The lowest BCUT2D eigenvalue weighted by atomic mass is 10.0. The minimum Gasteiger partial charge on any atom is -0.369 e. The molecule has 1 atom stereocenters. The number of likely N-dealkylation sites (tertiary alicyclic amines) is 1. The molecule has 0 unspecified atom stereocenters. The third kappa shape index (κ3) is 4.50. The normalized spacial score (nSPS) is 21.1. The van der Waals surface area contributed by atoms with Crippen LogP contribution >= 0.6 is 11.8 Å². The molecule has 2 aromatic rings. The van der Waals surface area contributed by atoms with Crippen LogP contribution in [0.5, 0.6) is 0 Å². The van der Waals surface area contributed by atoms with Crippen molar-refractivity contribution in [1.82, 2.24) is 24.6 Å². The molecule has 28 heavy (non-hydrogen) atoms. The monoisotopic (exact) mass is 400 g/mol. The van der Waals surface area contributed by atoms with Gasteiger partial charge >= 0.3 is 0 Å². The predicted octanol–water partition coefficient (Wildman–Crippen LogP) is 1.72. The van der Waals surface area contributed by atoms with Crippen molar-refractivity contribution in [3.8, 4) is 0 Å². The number of hydrogen-bond acceptors (Lipinski definition) is 6. The van der Waals surface area contributed by atoms with Crippen molar-refractivity contribution in [2.24, 2.45) is 7.05 Å². The van der Waals surface area contributed by atoms with Crippen LogP contribution in [-0.2, 0) is 11.8 Å². The van der Waals surface area contributed by atoms with Crippen LogP contribution < -0.4 is 4.90 Å². The molecule has 3 heterocycles. The largest absolute Gasteiger partial charge is 0.369 e. The summed E-state index contributed by atoms with van der Waals surface area (Å²) >= 11 is 1.47. The number of carbonyl (C=O) groups excluding carboxylic acids is 1. The van der Waals surface area contributed by atoms with Crippen molar-refractivity contribution in [2.45, 2.75) is 24.0 Å². The van der Waals surface area contributed by atoms with Gasteiger partial charge in [0.2, 0.25) is 5.91 Å². The maximum Gasteiger partial charge on any atom is 0.233 e. The van der Waals surface area contributed by atoms with E-state index in [1.807, 2.05) is 16.5 Å². The predicted molar refractivity (Wildman–Crippen MR) is 112 cm³/mol. The molecule has 8 heteroatoms. The lowest BCUT2D eigenvalue weighted by Gasteiger charge is -2.44. The van der Waals surface area contributed by atoms with Gasteiger partial charge in [-0.2, -0.15) is 0 Å². The number of anilines is 1. The number of thioether (sulfide) groups is 1. The van der Waals surface area contributed by atoms with Crippen molar-refractivity contribution in [2.75, 3.05) is 49.9 Å². The lowest BCUT2D eigenvalue weighted by molar-refractivity contribution is -0.130. The number of aromatic nitrogens is 3. The fourth-order valence-corrected chi connectivity index (χ4v) is 4.88. The number of piperidine rings is 1. The average molecular weight is 401 g/mol. The minimum atomic E-state index is 0.209. The molecule has 4 rings (SSSR count). The van der Waals surface area contributed by atoms with Gasteiger partial charge in [0.1, 0.15) is 6.33 Å². The summed E-state index contributed by atoms with van der Waals surface area (Å²) in [5.74, 6) is 0.640. The van der Waals surface area contributed by atoms with E-state index >= 15 is 0 Å². The van der Waals surface area contributed by atoms with Crippen molar-refractivity contribution in [1.29, 1.82) is 0 Å². The SMILES string of the molecule is Cn1cnnc1SCC(=O)N1CCC[C@@H](N2CCN(c3ccccc3)CC2)C1. The van der Waals surface area contributed by atoms with Crippen LogP contribution in [0.4, 0.5) is 5.69 Å². The van der Waals surface area contributed by atoms with Gasteiger partial charge in [-0.05, 0) is 25.0 Å². The molecule has 2 aliphatic rings. The number of amides is 1. The number of nitrogens with zero attached hydrogens (tertiary/aromatic N) is 6. The topological polar surface area (TPSA) is 57.5 Å². The molecule has 0 saturated carbocycles. The first-order chi connectivity index (χ1) is 13.7. The molecule has 1 amide bonds. The number of benzene rings is 1. The quantitative estimate of drug-likeness (QED) is 0.713. The van der Waals surface area contributed by atoms with Gasteiger partial charge in [0.25, 0.3) is 0 Å². The third-order valence-electron chi connectivity index (χ3n) is 5.70. The van der Waals surface area contributed by atoms with Crippen LogP contribution in [0, 0.1) is 0 Å². The third-order valence-corrected chi connectivity index (χ3v) is 6.71. The van der Waals surface area contributed by atoms with Crippen molar-refractivity contribution < 1.29 is 4.79 Å². The molecule has 0 aliphatic carbocycles. The van der Waals surface area contributed by atoms with Crippen LogP contribution in [0.15, 0.2) is 41.8 Å². The Morgan fingerprint density at radius 3 is 2.64 bits per heavy atom. The van der Waals surface area contributed by atoms with Gasteiger partial charge in [0.05, 0.1) is 5.75 Å². The van der Waals surface area contributed by atoms with Crippen LogP contribution in [0.3, 0.4) is 0 Å². The number of para-hydroxylation sites is 1. The van der Waals surface area contributed by atoms with E-state index < -0.39 is 0 Å². The maximum absolute atomic E-state index is 12.7. The second kappa shape index (κ2) is 8.96. The molecule has 0 radical (unpaired) electrons. The first kappa shape index (κ1) is 19.3. The summed E-state index contributed by atoms with van der Waals surface area (Å²) in [6.07, 6.45) is 3.94. The van der Waals surface area contributed by atoms with Gasteiger partial charge in [0, 0.05) is 58.0 Å². The standard InChI is InChI=1S/C20H28N6OS/c1-23-16-21-22-20(23)28-15-19(27)26-9-5-8-18(14-26)25-12-10-24(11-13-25)17-6-3-2-4-7-17/h2-4,6-7,16,18H,5,8-15H2,1H3/t18-/m1/s1. The van der Waals surface area contributed by atoms with Gasteiger partial charge in [-0.3, -0.25) is 9.69 Å². The molecule has 1 aromatic heterocycles. The van der Waals surface area contributed by atoms with Crippen molar-refractivity contribution >= 4 is 23.4 Å². The highest BCUT2D eigenvalue weighted by Gasteiger charge is 2.30. The molecule has 0 N–H and O–H groups in total. The summed E-state index contributed by atoms with van der Waals surface area (Å²) in [6, 6.07) is 11.1. The molecule has 2 saturated heterocycles. The summed E-state index contributed by atoms with van der Waals surface area (Å²) in [4.78, 5) is 19.8. The zero-order valence-electron chi connectivity index (χ0n) is 16.4. The van der Waals surface area contributed by atoms with E-state index in [-0.39, 0.29) is 5.91 Å². The Morgan fingerprint density at radius 1 is 1.14 bits per heavy atom. The van der Waals surface area contributed by atoms with E-state index in [0.29, 0.717) is 11.8 Å². The second-order valence-corrected chi connectivity index (χ2v) is 8.45. The molecule has 7 nitrogen and oxygen atoms in total. The highest BCUT2D eigenvalue weighted by atomic mass is 32.2. The number of rotatable bonds is 5. The first-order valence-corrected chi connectivity index (χ1v) is 11.0. The van der Waals surface area contributed by atoms with Crippen LogP contribution in [0.25, 0.3) is 0 Å². The molecule has 150 valence electrons. The van der Waals surface area contributed by atoms with Gasteiger partial charge < -0.3 is 14.4 Å². The van der Waals surface area contributed by atoms with Crippen molar-refractivity contribution in [3.05, 3.63) is 36.7 Å². The Bertz CT molecular complexity index is 774. The molecule has 0 bridgehead atoms. The molecular weight excluding hydrogens is 372 g/mol. The Hall–Kier alpha value is -2.06.